The molecule has 1 aromatic heterocycles. The fourth-order valence-electron chi connectivity index (χ4n) is 2.56. The average Bonchev–Trinajstić information content (AvgIpc) is 2.99. The number of anilines is 1. The third-order valence-electron chi connectivity index (χ3n) is 3.72. The molecule has 24 heavy (non-hydrogen) atoms. The summed E-state index contributed by atoms with van der Waals surface area (Å²) in [5.74, 6) is 0. The third kappa shape index (κ3) is 3.49. The van der Waals surface area contributed by atoms with Crippen LogP contribution in [-0.4, -0.2) is 24.5 Å². The lowest BCUT2D eigenvalue weighted by molar-refractivity contribution is 0.602. The van der Waals surface area contributed by atoms with Gasteiger partial charge in [-0.15, -0.1) is 0 Å². The molecule has 0 bridgehead atoms. The van der Waals surface area contributed by atoms with Crippen LogP contribution in [0.15, 0.2) is 65.7 Å². The molecule has 1 N–H and O–H groups in total. The first-order valence-corrected chi connectivity index (χ1v) is 9.48. The van der Waals surface area contributed by atoms with Crippen molar-refractivity contribution in [2.24, 2.45) is 0 Å². The number of nitrogens with zero attached hydrogens (tertiary/aromatic N) is 2. The fourth-order valence-corrected chi connectivity index (χ4v) is 3.42. The summed E-state index contributed by atoms with van der Waals surface area (Å²) in [6, 6.07) is 16.8. The molecule has 2 aromatic carbocycles. The highest BCUT2D eigenvalue weighted by Gasteiger charge is 2.13. The van der Waals surface area contributed by atoms with Crippen LogP contribution in [0.1, 0.15) is 11.3 Å². The van der Waals surface area contributed by atoms with Crippen molar-refractivity contribution < 1.29 is 8.42 Å². The van der Waals surface area contributed by atoms with Crippen molar-refractivity contribution in [1.29, 1.82) is 0 Å². The van der Waals surface area contributed by atoms with Gasteiger partial charge in [-0.05, 0) is 36.8 Å². The number of sulfone groups is 1. The lowest BCUT2D eigenvalue weighted by Crippen LogP contribution is -2.08. The summed E-state index contributed by atoms with van der Waals surface area (Å²) in [5.41, 5.74) is 3.55. The van der Waals surface area contributed by atoms with Crippen molar-refractivity contribution in [2.75, 3.05) is 11.6 Å². The highest BCUT2D eigenvalue weighted by molar-refractivity contribution is 7.90. The maximum absolute atomic E-state index is 11.9. The van der Waals surface area contributed by atoms with E-state index in [1.165, 1.54) is 6.26 Å². The quantitative estimate of drug-likeness (QED) is 0.774. The Balaban J connectivity index is 1.89. The fraction of sp³-hybridized carbons (Fsp3) is 0.167. The first-order chi connectivity index (χ1) is 11.4. The van der Waals surface area contributed by atoms with E-state index in [1.807, 2.05) is 54.2 Å². The van der Waals surface area contributed by atoms with E-state index >= 15 is 0 Å². The predicted molar refractivity (Wildman–Crippen MR) is 95.2 cm³/mol. The molecule has 6 heteroatoms. The molecule has 3 aromatic rings. The number of rotatable bonds is 5. The van der Waals surface area contributed by atoms with Gasteiger partial charge in [-0.2, -0.15) is 5.10 Å². The van der Waals surface area contributed by atoms with Gasteiger partial charge >= 0.3 is 0 Å². The van der Waals surface area contributed by atoms with Crippen molar-refractivity contribution in [3.8, 4) is 5.69 Å². The summed E-state index contributed by atoms with van der Waals surface area (Å²) in [7, 11) is -3.28. The number of benzene rings is 2. The molecule has 1 heterocycles. The SMILES string of the molecule is Cc1ccn(-c2ccccc2CNc2ccccc2S(C)(=O)=O)n1. The first kappa shape index (κ1) is 16.3. The zero-order valence-electron chi connectivity index (χ0n) is 13.6. The molecule has 3 rings (SSSR count). The monoisotopic (exact) mass is 341 g/mol. The number of aromatic nitrogens is 2. The molecule has 0 atom stereocenters. The van der Waals surface area contributed by atoms with Crippen molar-refractivity contribution in [2.45, 2.75) is 18.4 Å². The Morgan fingerprint density at radius 1 is 1.04 bits per heavy atom. The minimum absolute atomic E-state index is 0.303. The van der Waals surface area contributed by atoms with Crippen molar-refractivity contribution >= 4 is 15.5 Å². The van der Waals surface area contributed by atoms with Crippen LogP contribution in [-0.2, 0) is 16.4 Å². The number of hydrogen-bond acceptors (Lipinski definition) is 4. The van der Waals surface area contributed by atoms with Gasteiger partial charge in [-0.25, -0.2) is 13.1 Å². The van der Waals surface area contributed by atoms with Crippen LogP contribution in [0.4, 0.5) is 5.69 Å². The first-order valence-electron chi connectivity index (χ1n) is 7.58. The number of hydrogen-bond donors (Lipinski definition) is 1. The van der Waals surface area contributed by atoms with E-state index in [0.717, 1.165) is 16.9 Å². The van der Waals surface area contributed by atoms with Gasteiger partial charge in [0.05, 0.1) is 22.0 Å². The van der Waals surface area contributed by atoms with Crippen molar-refractivity contribution in [3.05, 3.63) is 72.1 Å². The Kier molecular flexibility index (Phi) is 4.40. The Morgan fingerprint density at radius 3 is 2.46 bits per heavy atom. The smallest absolute Gasteiger partial charge is 0.177 e. The second kappa shape index (κ2) is 6.49. The van der Waals surface area contributed by atoms with Crippen LogP contribution in [0.3, 0.4) is 0 Å². The molecule has 0 amide bonds. The average molecular weight is 341 g/mol. The van der Waals surface area contributed by atoms with Gasteiger partial charge in [0.2, 0.25) is 0 Å². The third-order valence-corrected chi connectivity index (χ3v) is 4.87. The van der Waals surface area contributed by atoms with E-state index in [1.54, 1.807) is 18.2 Å². The van der Waals surface area contributed by atoms with E-state index < -0.39 is 9.84 Å². The highest BCUT2D eigenvalue weighted by atomic mass is 32.2. The van der Waals surface area contributed by atoms with E-state index in [0.29, 0.717) is 17.1 Å². The minimum atomic E-state index is -3.28. The van der Waals surface area contributed by atoms with Gasteiger partial charge in [-0.3, -0.25) is 0 Å². The Labute approximate surface area is 141 Å². The molecule has 124 valence electrons. The zero-order chi connectivity index (χ0) is 17.2. The predicted octanol–water partition coefficient (Wildman–Crippen LogP) is 3.20. The van der Waals surface area contributed by atoms with Gasteiger partial charge in [0, 0.05) is 19.0 Å². The molecular weight excluding hydrogens is 322 g/mol. The Morgan fingerprint density at radius 2 is 1.75 bits per heavy atom. The van der Waals surface area contributed by atoms with Gasteiger partial charge < -0.3 is 5.32 Å². The van der Waals surface area contributed by atoms with Gasteiger partial charge in [0.25, 0.3) is 0 Å². The van der Waals surface area contributed by atoms with Crippen LogP contribution in [0.2, 0.25) is 0 Å². The maximum Gasteiger partial charge on any atom is 0.177 e. The van der Waals surface area contributed by atoms with E-state index in [-0.39, 0.29) is 0 Å². The minimum Gasteiger partial charge on any atom is -0.380 e. The number of aryl methyl sites for hydroxylation is 1. The van der Waals surface area contributed by atoms with E-state index in [2.05, 4.69) is 10.4 Å². The topological polar surface area (TPSA) is 64.0 Å². The molecule has 0 spiro atoms. The molecule has 0 aliphatic rings. The van der Waals surface area contributed by atoms with Gasteiger partial charge in [-0.1, -0.05) is 30.3 Å². The van der Waals surface area contributed by atoms with Crippen LogP contribution >= 0.6 is 0 Å². The summed E-state index contributed by atoms with van der Waals surface area (Å²) < 4.78 is 25.6. The van der Waals surface area contributed by atoms with E-state index in [4.69, 9.17) is 0 Å². The Bertz CT molecular complexity index is 962. The molecule has 0 aliphatic heterocycles. The summed E-state index contributed by atoms with van der Waals surface area (Å²) in [6.45, 7) is 2.45. The standard InChI is InChI=1S/C18H19N3O2S/c1-14-11-12-21(20-14)17-9-5-3-7-15(17)13-19-16-8-4-6-10-18(16)24(2,22)23/h3-12,19H,13H2,1-2H3. The van der Waals surface area contributed by atoms with Gasteiger partial charge in [0.1, 0.15) is 0 Å². The largest absolute Gasteiger partial charge is 0.380 e. The van der Waals surface area contributed by atoms with Crippen molar-refractivity contribution in [3.63, 3.8) is 0 Å². The lowest BCUT2D eigenvalue weighted by atomic mass is 10.1. The number of nitrogens with one attached hydrogen (secondary N) is 1. The molecular formula is C18H19N3O2S. The zero-order valence-corrected chi connectivity index (χ0v) is 14.4. The Hall–Kier alpha value is -2.60. The molecule has 5 nitrogen and oxygen atoms in total. The van der Waals surface area contributed by atoms with Crippen molar-refractivity contribution in [1.82, 2.24) is 9.78 Å². The van der Waals surface area contributed by atoms with Crippen LogP contribution in [0.25, 0.3) is 5.69 Å². The summed E-state index contributed by atoms with van der Waals surface area (Å²) in [5, 5.41) is 7.68. The molecule has 0 fully saturated rings. The van der Waals surface area contributed by atoms with Crippen LogP contribution in [0.5, 0.6) is 0 Å². The number of para-hydroxylation sites is 2. The second-order valence-electron chi connectivity index (χ2n) is 5.65. The van der Waals surface area contributed by atoms with Crippen LogP contribution in [0, 0.1) is 6.92 Å². The molecule has 0 unspecified atom stereocenters. The molecule has 0 saturated carbocycles. The maximum atomic E-state index is 11.9. The summed E-state index contributed by atoms with van der Waals surface area (Å²) in [6.07, 6.45) is 3.13. The summed E-state index contributed by atoms with van der Waals surface area (Å²) in [4.78, 5) is 0.303. The molecule has 0 aliphatic carbocycles. The molecule has 0 radical (unpaired) electrons. The van der Waals surface area contributed by atoms with Gasteiger partial charge in [0.15, 0.2) is 9.84 Å². The second-order valence-corrected chi connectivity index (χ2v) is 7.64. The molecule has 0 saturated heterocycles. The lowest BCUT2D eigenvalue weighted by Gasteiger charge is -2.13. The normalized spacial score (nSPS) is 11.4. The van der Waals surface area contributed by atoms with E-state index in [9.17, 15) is 8.42 Å². The summed E-state index contributed by atoms with van der Waals surface area (Å²) >= 11 is 0. The highest BCUT2D eigenvalue weighted by Crippen LogP contribution is 2.22. The van der Waals surface area contributed by atoms with Crippen LogP contribution < -0.4 is 5.32 Å².